The van der Waals surface area contributed by atoms with Crippen LogP contribution in [0.15, 0.2) is 30.5 Å². The molecule has 4 heterocycles. The van der Waals surface area contributed by atoms with Crippen LogP contribution < -0.4 is 5.32 Å². The van der Waals surface area contributed by atoms with Gasteiger partial charge in [0.25, 0.3) is 0 Å². The third kappa shape index (κ3) is 4.93. The fraction of sp³-hybridized carbons (Fsp3) is 0.577. The molecule has 7 nitrogen and oxygen atoms in total. The number of anilines is 1. The van der Waals surface area contributed by atoms with Crippen LogP contribution in [0, 0.1) is 11.7 Å². The van der Waals surface area contributed by atoms with Crippen LogP contribution in [0.3, 0.4) is 0 Å². The van der Waals surface area contributed by atoms with E-state index in [0.29, 0.717) is 18.5 Å². The van der Waals surface area contributed by atoms with Crippen LogP contribution in [-0.2, 0) is 22.5 Å². The molecule has 0 bridgehead atoms. The molecule has 3 aliphatic heterocycles. The predicted octanol–water partition coefficient (Wildman–Crippen LogP) is 3.22. The molecule has 34 heavy (non-hydrogen) atoms. The number of likely N-dealkylation sites (tertiary alicyclic amines) is 1. The van der Waals surface area contributed by atoms with Crippen LogP contribution in [-0.4, -0.2) is 71.1 Å². The summed E-state index contributed by atoms with van der Waals surface area (Å²) < 4.78 is 19.0. The van der Waals surface area contributed by atoms with Crippen LogP contribution in [0.2, 0.25) is 0 Å². The third-order valence-electron chi connectivity index (χ3n) is 7.59. The molecule has 2 saturated heterocycles. The number of carbonyl (C=O) groups excluding carboxylic acids is 1. The lowest BCUT2D eigenvalue weighted by atomic mass is 9.79. The Morgan fingerprint density at radius 1 is 1.18 bits per heavy atom. The summed E-state index contributed by atoms with van der Waals surface area (Å²) in [6.45, 7) is 5.80. The van der Waals surface area contributed by atoms with Crippen molar-refractivity contribution in [1.29, 1.82) is 0 Å². The predicted molar refractivity (Wildman–Crippen MR) is 128 cm³/mol. The molecule has 1 amide bonds. The van der Waals surface area contributed by atoms with E-state index in [2.05, 4.69) is 29.2 Å². The molecule has 1 aromatic carbocycles. The van der Waals surface area contributed by atoms with Gasteiger partial charge in [0.1, 0.15) is 5.82 Å². The number of benzene rings is 1. The molecule has 3 atom stereocenters. The fourth-order valence-corrected chi connectivity index (χ4v) is 5.56. The van der Waals surface area contributed by atoms with E-state index in [1.807, 2.05) is 23.2 Å². The lowest BCUT2D eigenvalue weighted by Crippen LogP contribution is -2.50. The first kappa shape index (κ1) is 23.2. The Balaban J connectivity index is 1.34. The maximum atomic E-state index is 13.9. The van der Waals surface area contributed by atoms with Gasteiger partial charge in [0, 0.05) is 49.9 Å². The first-order valence-electron chi connectivity index (χ1n) is 12.4. The van der Waals surface area contributed by atoms with Crippen molar-refractivity contribution < 1.29 is 13.9 Å². The molecular weight excluding hydrogens is 433 g/mol. The minimum absolute atomic E-state index is 0.0524. The highest BCUT2D eigenvalue weighted by molar-refractivity contribution is 5.80. The van der Waals surface area contributed by atoms with E-state index in [1.165, 1.54) is 12.1 Å². The highest BCUT2D eigenvalue weighted by Gasteiger charge is 2.39. The Morgan fingerprint density at radius 2 is 1.94 bits per heavy atom. The van der Waals surface area contributed by atoms with E-state index in [-0.39, 0.29) is 29.6 Å². The number of hydrogen-bond acceptors (Lipinski definition) is 6. The van der Waals surface area contributed by atoms with Gasteiger partial charge in [-0.3, -0.25) is 4.79 Å². The number of hydrogen-bond donors (Lipinski definition) is 1. The van der Waals surface area contributed by atoms with E-state index in [0.717, 1.165) is 68.8 Å². The minimum atomic E-state index is -0.248. The van der Waals surface area contributed by atoms with Crippen molar-refractivity contribution in [3.63, 3.8) is 0 Å². The zero-order valence-electron chi connectivity index (χ0n) is 20.0. The van der Waals surface area contributed by atoms with Gasteiger partial charge in [-0.05, 0) is 69.5 Å². The zero-order valence-corrected chi connectivity index (χ0v) is 20.0. The molecule has 1 aromatic heterocycles. The van der Waals surface area contributed by atoms with Gasteiger partial charge in [-0.25, -0.2) is 14.4 Å². The number of amides is 1. The van der Waals surface area contributed by atoms with Gasteiger partial charge in [0.05, 0.1) is 12.2 Å². The molecule has 2 fully saturated rings. The van der Waals surface area contributed by atoms with Crippen molar-refractivity contribution in [2.45, 2.75) is 57.2 Å². The van der Waals surface area contributed by atoms with Crippen molar-refractivity contribution >= 4 is 11.9 Å². The summed E-state index contributed by atoms with van der Waals surface area (Å²) in [5.41, 5.74) is 3.08. The first-order chi connectivity index (χ1) is 16.5. The second-order valence-corrected chi connectivity index (χ2v) is 10.0. The summed E-state index contributed by atoms with van der Waals surface area (Å²) in [7, 11) is 2.08. The number of aromatic nitrogens is 2. The molecule has 0 radical (unpaired) electrons. The van der Waals surface area contributed by atoms with Gasteiger partial charge < -0.3 is 19.9 Å². The Hall–Kier alpha value is -2.58. The van der Waals surface area contributed by atoms with Crippen LogP contribution in [0.5, 0.6) is 0 Å². The normalized spacial score (nSPS) is 26.2. The number of piperidine rings is 1. The van der Waals surface area contributed by atoms with Crippen molar-refractivity contribution in [2.75, 3.05) is 38.7 Å². The van der Waals surface area contributed by atoms with Crippen LogP contribution in [0.4, 0.5) is 10.3 Å². The number of ether oxygens (including phenoxy) is 1. The maximum absolute atomic E-state index is 13.9. The smallest absolute Gasteiger partial charge is 0.227 e. The molecule has 2 aromatic rings. The summed E-state index contributed by atoms with van der Waals surface area (Å²) in [6, 6.07) is 7.06. The van der Waals surface area contributed by atoms with Gasteiger partial charge in [0.2, 0.25) is 11.9 Å². The second kappa shape index (κ2) is 9.96. The van der Waals surface area contributed by atoms with Crippen molar-refractivity contribution in [3.05, 3.63) is 53.1 Å². The maximum Gasteiger partial charge on any atom is 0.227 e. The number of carbonyl (C=O) groups is 1. The fourth-order valence-electron chi connectivity index (χ4n) is 5.56. The molecule has 1 N–H and O–H groups in total. The molecule has 5 rings (SSSR count). The number of halogens is 1. The summed E-state index contributed by atoms with van der Waals surface area (Å²) in [5.74, 6) is 0.500. The van der Waals surface area contributed by atoms with Crippen molar-refractivity contribution in [1.82, 2.24) is 19.8 Å². The number of nitrogens with one attached hydrogen (secondary N) is 1. The Morgan fingerprint density at radius 3 is 2.71 bits per heavy atom. The van der Waals surface area contributed by atoms with Gasteiger partial charge >= 0.3 is 0 Å². The summed E-state index contributed by atoms with van der Waals surface area (Å²) in [6.07, 6.45) is 5.37. The quantitative estimate of drug-likeness (QED) is 0.745. The number of rotatable bonds is 4. The highest BCUT2D eigenvalue weighted by Crippen LogP contribution is 2.35. The van der Waals surface area contributed by atoms with Gasteiger partial charge in [0.15, 0.2) is 0 Å². The van der Waals surface area contributed by atoms with E-state index < -0.39 is 0 Å². The van der Waals surface area contributed by atoms with Crippen molar-refractivity contribution in [3.8, 4) is 0 Å². The summed E-state index contributed by atoms with van der Waals surface area (Å²) in [5, 5.41) is 3.45. The average molecular weight is 468 g/mol. The van der Waals surface area contributed by atoms with Crippen LogP contribution in [0.25, 0.3) is 0 Å². The van der Waals surface area contributed by atoms with E-state index in [9.17, 15) is 9.18 Å². The van der Waals surface area contributed by atoms with Crippen molar-refractivity contribution in [2.24, 2.45) is 5.92 Å². The van der Waals surface area contributed by atoms with Crippen LogP contribution in [0.1, 0.15) is 48.9 Å². The first-order valence-corrected chi connectivity index (χ1v) is 12.4. The number of fused-ring (bicyclic) bond motifs is 1. The molecule has 182 valence electrons. The lowest BCUT2D eigenvalue weighted by molar-refractivity contribution is -0.141. The number of likely N-dealkylation sites (N-methyl/N-ethyl adjacent to an activating group) is 1. The van der Waals surface area contributed by atoms with Gasteiger partial charge in [-0.1, -0.05) is 12.1 Å². The van der Waals surface area contributed by atoms with Gasteiger partial charge in [-0.15, -0.1) is 0 Å². The molecular formula is C26H34FN5O2. The average Bonchev–Trinajstić information content (AvgIpc) is 2.84. The Labute approximate surface area is 200 Å². The lowest BCUT2D eigenvalue weighted by Gasteiger charge is -2.42. The van der Waals surface area contributed by atoms with E-state index in [4.69, 9.17) is 9.72 Å². The van der Waals surface area contributed by atoms with E-state index >= 15 is 0 Å². The third-order valence-corrected chi connectivity index (χ3v) is 7.59. The zero-order chi connectivity index (χ0) is 23.7. The molecule has 0 unspecified atom stereocenters. The molecule has 0 spiro atoms. The Kier molecular flexibility index (Phi) is 6.79. The van der Waals surface area contributed by atoms with Crippen LogP contribution >= 0.6 is 0 Å². The summed E-state index contributed by atoms with van der Waals surface area (Å²) in [4.78, 5) is 27.5. The SMILES string of the molecule is C[C@@H]1Cc2cnc(NC3CCOCC3)nc2CN1C(=O)[C@H]1CCN(C)C[C@@H]1c1ccc(F)cc1. The molecule has 3 aliphatic rings. The Bertz CT molecular complexity index is 1010. The standard InChI is InChI=1S/C26H34FN5O2/c1-17-13-19-14-28-26(29-21-8-11-34-12-9-21)30-24(19)16-32(17)25(33)22-7-10-31(2)15-23(22)18-3-5-20(27)6-4-18/h3-6,14,17,21-23H,7-13,15-16H2,1-2H3,(H,28,29,30)/t17-,22+,23-/m1/s1. The minimum Gasteiger partial charge on any atom is -0.381 e. The summed E-state index contributed by atoms with van der Waals surface area (Å²) >= 11 is 0. The second-order valence-electron chi connectivity index (χ2n) is 10.0. The van der Waals surface area contributed by atoms with Gasteiger partial charge in [-0.2, -0.15) is 0 Å². The number of nitrogens with zero attached hydrogens (tertiary/aromatic N) is 4. The highest BCUT2D eigenvalue weighted by atomic mass is 19.1. The molecule has 8 heteroatoms. The molecule has 0 saturated carbocycles. The van der Waals surface area contributed by atoms with E-state index in [1.54, 1.807) is 0 Å². The topological polar surface area (TPSA) is 70.6 Å². The molecule has 0 aliphatic carbocycles. The monoisotopic (exact) mass is 467 g/mol. The largest absolute Gasteiger partial charge is 0.381 e.